The summed E-state index contributed by atoms with van der Waals surface area (Å²) in [5.74, 6) is 0. The van der Waals surface area contributed by atoms with E-state index in [0.29, 0.717) is 12.1 Å². The van der Waals surface area contributed by atoms with Crippen molar-refractivity contribution in [2.75, 3.05) is 0 Å². The van der Waals surface area contributed by atoms with Crippen LogP contribution < -0.4 is 0 Å². The minimum absolute atomic E-state index is 0.417. The standard InChI is InChI=1S/C7H3ClF3NO2S/c8-4-1-3(7(9,10)11)2-5(15)6(4)12(13)14/h1-2,15H. The van der Waals surface area contributed by atoms with Crippen LogP contribution in [0.3, 0.4) is 0 Å². The summed E-state index contributed by atoms with van der Waals surface area (Å²) in [6.07, 6.45) is -4.60. The number of nitro benzene ring substituents is 1. The lowest BCUT2D eigenvalue weighted by molar-refractivity contribution is -0.387. The molecule has 0 N–H and O–H groups in total. The fourth-order valence-electron chi connectivity index (χ4n) is 0.929. The molecule has 3 nitrogen and oxygen atoms in total. The van der Waals surface area contributed by atoms with Crippen LogP contribution in [0.1, 0.15) is 5.56 Å². The number of benzene rings is 1. The highest BCUT2D eigenvalue weighted by molar-refractivity contribution is 7.80. The van der Waals surface area contributed by atoms with Crippen LogP contribution in [0, 0.1) is 10.1 Å². The van der Waals surface area contributed by atoms with Crippen molar-refractivity contribution in [2.45, 2.75) is 11.1 Å². The van der Waals surface area contributed by atoms with E-state index in [1.165, 1.54) is 0 Å². The van der Waals surface area contributed by atoms with Gasteiger partial charge < -0.3 is 0 Å². The molecule has 15 heavy (non-hydrogen) atoms. The number of rotatable bonds is 1. The molecule has 0 aromatic heterocycles. The molecule has 0 atom stereocenters. The summed E-state index contributed by atoms with van der Waals surface area (Å²) in [5, 5.41) is 9.81. The molecule has 1 aromatic carbocycles. The topological polar surface area (TPSA) is 43.1 Å². The molecular weight excluding hydrogens is 255 g/mol. The highest BCUT2D eigenvalue weighted by atomic mass is 35.5. The zero-order valence-corrected chi connectivity index (χ0v) is 8.53. The highest BCUT2D eigenvalue weighted by Gasteiger charge is 2.33. The number of thiol groups is 1. The van der Waals surface area contributed by atoms with Gasteiger partial charge in [-0.1, -0.05) is 11.6 Å². The summed E-state index contributed by atoms with van der Waals surface area (Å²) in [7, 11) is 0. The average molecular weight is 258 g/mol. The van der Waals surface area contributed by atoms with Crippen LogP contribution in [-0.2, 0) is 6.18 Å². The molecule has 8 heteroatoms. The Morgan fingerprint density at radius 2 is 1.93 bits per heavy atom. The van der Waals surface area contributed by atoms with E-state index in [9.17, 15) is 23.3 Å². The van der Waals surface area contributed by atoms with Gasteiger partial charge in [-0.15, -0.1) is 12.6 Å². The summed E-state index contributed by atoms with van der Waals surface area (Å²) in [4.78, 5) is 9.09. The minimum atomic E-state index is -4.60. The van der Waals surface area contributed by atoms with Crippen molar-refractivity contribution in [1.82, 2.24) is 0 Å². The molecule has 0 saturated carbocycles. The minimum Gasteiger partial charge on any atom is -0.258 e. The molecule has 0 radical (unpaired) electrons. The van der Waals surface area contributed by atoms with Gasteiger partial charge in [0, 0.05) is 0 Å². The lowest BCUT2D eigenvalue weighted by Gasteiger charge is -2.08. The predicted octanol–water partition coefficient (Wildman–Crippen LogP) is 3.56. The van der Waals surface area contributed by atoms with E-state index in [2.05, 4.69) is 12.6 Å². The first-order chi connectivity index (χ1) is 6.73. The van der Waals surface area contributed by atoms with Gasteiger partial charge >= 0.3 is 11.9 Å². The van der Waals surface area contributed by atoms with E-state index >= 15 is 0 Å². The van der Waals surface area contributed by atoms with Gasteiger partial charge in [0.15, 0.2) is 0 Å². The summed E-state index contributed by atoms with van der Waals surface area (Å²) in [5.41, 5.74) is -1.70. The van der Waals surface area contributed by atoms with Crippen molar-refractivity contribution in [1.29, 1.82) is 0 Å². The molecule has 0 spiro atoms. The maximum atomic E-state index is 12.2. The van der Waals surface area contributed by atoms with Crippen molar-refractivity contribution in [3.05, 3.63) is 32.8 Å². The third kappa shape index (κ3) is 2.54. The van der Waals surface area contributed by atoms with Gasteiger partial charge in [0.2, 0.25) is 0 Å². The molecule has 0 fully saturated rings. The Bertz CT molecular complexity index is 398. The fourth-order valence-corrected chi connectivity index (χ4v) is 1.62. The molecule has 1 aromatic rings. The van der Waals surface area contributed by atoms with Gasteiger partial charge in [0.1, 0.15) is 5.02 Å². The molecule has 82 valence electrons. The van der Waals surface area contributed by atoms with Crippen molar-refractivity contribution >= 4 is 29.9 Å². The van der Waals surface area contributed by atoms with Crippen LogP contribution in [0.15, 0.2) is 17.0 Å². The van der Waals surface area contributed by atoms with Crippen molar-refractivity contribution in [3.8, 4) is 0 Å². The number of halogens is 4. The third-order valence-corrected chi connectivity index (χ3v) is 2.18. The second-order valence-electron chi connectivity index (χ2n) is 2.58. The number of hydrogen-bond donors (Lipinski definition) is 1. The van der Waals surface area contributed by atoms with E-state index in [1.807, 2.05) is 0 Å². The van der Waals surface area contributed by atoms with Crippen LogP contribution in [0.4, 0.5) is 18.9 Å². The summed E-state index contributed by atoms with van der Waals surface area (Å²) < 4.78 is 36.7. The van der Waals surface area contributed by atoms with Gasteiger partial charge in [-0.25, -0.2) is 0 Å². The maximum Gasteiger partial charge on any atom is 0.416 e. The number of hydrogen-bond acceptors (Lipinski definition) is 3. The first kappa shape index (κ1) is 12.1. The Kier molecular flexibility index (Phi) is 3.15. The van der Waals surface area contributed by atoms with Crippen molar-refractivity contribution in [2.24, 2.45) is 0 Å². The Morgan fingerprint density at radius 1 is 1.40 bits per heavy atom. The van der Waals surface area contributed by atoms with Crippen molar-refractivity contribution in [3.63, 3.8) is 0 Å². The van der Waals surface area contributed by atoms with Crippen molar-refractivity contribution < 1.29 is 18.1 Å². The van der Waals surface area contributed by atoms with Gasteiger partial charge in [-0.2, -0.15) is 13.2 Å². The van der Waals surface area contributed by atoms with Gasteiger partial charge in [0.05, 0.1) is 15.4 Å². The van der Waals surface area contributed by atoms with Gasteiger partial charge in [-0.3, -0.25) is 10.1 Å². The van der Waals surface area contributed by atoms with E-state index in [-0.39, 0.29) is 0 Å². The van der Waals surface area contributed by atoms with E-state index < -0.39 is 32.3 Å². The second-order valence-corrected chi connectivity index (χ2v) is 3.47. The lowest BCUT2D eigenvalue weighted by atomic mass is 10.2. The van der Waals surface area contributed by atoms with Crippen LogP contribution in [-0.4, -0.2) is 4.92 Å². The molecule has 0 aliphatic carbocycles. The predicted molar refractivity (Wildman–Crippen MR) is 50.4 cm³/mol. The molecular formula is C7H3ClF3NO2S. The van der Waals surface area contributed by atoms with Crippen LogP contribution in [0.25, 0.3) is 0 Å². The van der Waals surface area contributed by atoms with Gasteiger partial charge in [0.25, 0.3) is 0 Å². The summed E-state index contributed by atoms with van der Waals surface area (Å²) in [6, 6.07) is 1.06. The number of nitrogens with zero attached hydrogens (tertiary/aromatic N) is 1. The average Bonchev–Trinajstić information content (AvgIpc) is 1.99. The third-order valence-electron chi connectivity index (χ3n) is 1.55. The number of nitro groups is 1. The molecule has 1 rings (SSSR count). The molecule has 0 heterocycles. The fraction of sp³-hybridized carbons (Fsp3) is 0.143. The SMILES string of the molecule is O=[N+]([O-])c1c(S)cc(C(F)(F)F)cc1Cl. The first-order valence-electron chi connectivity index (χ1n) is 3.47. The Balaban J connectivity index is 3.39. The highest BCUT2D eigenvalue weighted by Crippen LogP contribution is 2.38. The largest absolute Gasteiger partial charge is 0.416 e. The van der Waals surface area contributed by atoms with E-state index in [4.69, 9.17) is 11.6 Å². The van der Waals surface area contributed by atoms with Crippen LogP contribution >= 0.6 is 24.2 Å². The molecule has 0 aliphatic heterocycles. The molecule has 0 unspecified atom stereocenters. The second kappa shape index (κ2) is 3.90. The quantitative estimate of drug-likeness (QED) is 0.475. The van der Waals surface area contributed by atoms with E-state index in [1.54, 1.807) is 0 Å². The summed E-state index contributed by atoms with van der Waals surface area (Å²) in [6.45, 7) is 0. The Labute approximate surface area is 92.4 Å². The van der Waals surface area contributed by atoms with Gasteiger partial charge in [-0.05, 0) is 12.1 Å². The van der Waals surface area contributed by atoms with Crippen LogP contribution in [0.5, 0.6) is 0 Å². The Morgan fingerprint density at radius 3 is 2.27 bits per heavy atom. The lowest BCUT2D eigenvalue weighted by Crippen LogP contribution is -2.05. The normalized spacial score (nSPS) is 11.5. The van der Waals surface area contributed by atoms with Crippen LogP contribution in [0.2, 0.25) is 5.02 Å². The zero-order chi connectivity index (χ0) is 11.8. The Hall–Kier alpha value is -0.950. The zero-order valence-electron chi connectivity index (χ0n) is 6.88. The smallest absolute Gasteiger partial charge is 0.258 e. The van der Waals surface area contributed by atoms with E-state index in [0.717, 1.165) is 0 Å². The number of alkyl halides is 3. The molecule has 0 aliphatic rings. The summed E-state index contributed by atoms with van der Waals surface area (Å²) >= 11 is 8.93. The molecule has 0 bridgehead atoms. The molecule has 0 amide bonds. The molecule has 0 saturated heterocycles. The maximum absolute atomic E-state index is 12.2. The monoisotopic (exact) mass is 257 g/mol. The first-order valence-corrected chi connectivity index (χ1v) is 4.30.